The fourth-order valence-corrected chi connectivity index (χ4v) is 3.78. The van der Waals surface area contributed by atoms with Crippen LogP contribution >= 0.6 is 0 Å². The molecule has 0 radical (unpaired) electrons. The lowest BCUT2D eigenvalue weighted by Crippen LogP contribution is -2.39. The molecule has 1 aromatic carbocycles. The molecule has 1 aliphatic rings. The number of hydrogen-bond acceptors (Lipinski definition) is 2. The van der Waals surface area contributed by atoms with Gasteiger partial charge in [0.1, 0.15) is 0 Å². The van der Waals surface area contributed by atoms with Crippen molar-refractivity contribution >= 4 is 10.0 Å². The summed E-state index contributed by atoms with van der Waals surface area (Å²) < 4.78 is 62.6. The monoisotopic (exact) mass is 335 g/mol. The molecule has 22 heavy (non-hydrogen) atoms. The third-order valence-electron chi connectivity index (χ3n) is 4.05. The van der Waals surface area contributed by atoms with Crippen molar-refractivity contribution in [1.29, 1.82) is 0 Å². The van der Waals surface area contributed by atoms with Crippen molar-refractivity contribution < 1.29 is 21.6 Å². The fraction of sp³-hybridized carbons (Fsp3) is 0.600. The van der Waals surface area contributed by atoms with Gasteiger partial charge in [-0.15, -0.1) is 0 Å². The second kappa shape index (κ2) is 6.58. The zero-order valence-electron chi connectivity index (χ0n) is 12.4. The normalized spacial score (nSPS) is 21.0. The van der Waals surface area contributed by atoms with E-state index < -0.39 is 21.8 Å². The molecule has 0 amide bonds. The summed E-state index contributed by atoms with van der Waals surface area (Å²) in [6, 6.07) is 5.35. The van der Waals surface area contributed by atoms with Gasteiger partial charge in [0.25, 0.3) is 0 Å². The van der Waals surface area contributed by atoms with Crippen LogP contribution in [0, 0.1) is 5.92 Å². The first-order valence-corrected chi connectivity index (χ1v) is 9.12. The molecule has 2 rings (SSSR count). The highest BCUT2D eigenvalue weighted by molar-refractivity contribution is 7.88. The van der Waals surface area contributed by atoms with E-state index in [1.165, 1.54) is 22.7 Å². The predicted octanol–water partition coefficient (Wildman–Crippen LogP) is 3.31. The molecule has 7 heteroatoms. The molecule has 1 fully saturated rings. The number of nitrogens with zero attached hydrogens (tertiary/aromatic N) is 1. The average Bonchev–Trinajstić information content (AvgIpc) is 2.44. The van der Waals surface area contributed by atoms with E-state index in [1.54, 1.807) is 6.07 Å². The minimum absolute atomic E-state index is 0.206. The van der Waals surface area contributed by atoms with E-state index in [0.717, 1.165) is 18.9 Å². The maximum Gasteiger partial charge on any atom is 0.416 e. The number of aryl methyl sites for hydroxylation is 1. The Morgan fingerprint density at radius 2 is 2.05 bits per heavy atom. The Kier molecular flexibility index (Phi) is 5.17. The van der Waals surface area contributed by atoms with Crippen molar-refractivity contribution in [1.82, 2.24) is 4.31 Å². The maximum atomic E-state index is 12.7. The molecule has 3 nitrogen and oxygen atoms in total. The first-order valence-electron chi connectivity index (χ1n) is 7.27. The lowest BCUT2D eigenvalue weighted by atomic mass is 9.92. The van der Waals surface area contributed by atoms with Crippen LogP contribution in [0.1, 0.15) is 30.4 Å². The second-order valence-corrected chi connectivity index (χ2v) is 7.85. The van der Waals surface area contributed by atoms with Gasteiger partial charge in [0.2, 0.25) is 10.0 Å². The number of sulfonamides is 1. The van der Waals surface area contributed by atoms with Gasteiger partial charge < -0.3 is 0 Å². The SMILES string of the molecule is CS(=O)(=O)N1CCC[C@H](CCc2cccc(C(F)(F)F)c2)C1. The Balaban J connectivity index is 1.96. The van der Waals surface area contributed by atoms with Crippen LogP contribution in [0.4, 0.5) is 13.2 Å². The Morgan fingerprint density at radius 1 is 1.32 bits per heavy atom. The molecule has 1 aromatic rings. The van der Waals surface area contributed by atoms with Gasteiger partial charge in [-0.05, 0) is 43.2 Å². The van der Waals surface area contributed by atoms with E-state index >= 15 is 0 Å². The second-order valence-electron chi connectivity index (χ2n) is 5.87. The molecule has 0 saturated carbocycles. The highest BCUT2D eigenvalue weighted by Gasteiger charge is 2.30. The zero-order valence-corrected chi connectivity index (χ0v) is 13.3. The number of alkyl halides is 3. The highest BCUT2D eigenvalue weighted by atomic mass is 32.2. The van der Waals surface area contributed by atoms with Gasteiger partial charge in [0, 0.05) is 13.1 Å². The summed E-state index contributed by atoms with van der Waals surface area (Å²) in [4.78, 5) is 0. The molecule has 1 saturated heterocycles. The van der Waals surface area contributed by atoms with Gasteiger partial charge in [-0.1, -0.05) is 18.2 Å². The van der Waals surface area contributed by atoms with Gasteiger partial charge in [0.15, 0.2) is 0 Å². The van der Waals surface area contributed by atoms with Gasteiger partial charge in [-0.25, -0.2) is 12.7 Å². The van der Waals surface area contributed by atoms with Crippen molar-refractivity contribution in [3.8, 4) is 0 Å². The summed E-state index contributed by atoms with van der Waals surface area (Å²) in [7, 11) is -3.18. The molecule has 0 N–H and O–H groups in total. The average molecular weight is 335 g/mol. The highest BCUT2D eigenvalue weighted by Crippen LogP contribution is 2.30. The Bertz CT molecular complexity index is 613. The third-order valence-corrected chi connectivity index (χ3v) is 5.32. The molecule has 1 heterocycles. The van der Waals surface area contributed by atoms with Gasteiger partial charge >= 0.3 is 6.18 Å². The third kappa shape index (κ3) is 4.71. The number of hydrogen-bond donors (Lipinski definition) is 0. The van der Waals surface area contributed by atoms with Gasteiger partial charge in [-0.3, -0.25) is 0 Å². The minimum atomic E-state index is -4.33. The van der Waals surface area contributed by atoms with Crippen LogP contribution in [0.2, 0.25) is 0 Å². The molecule has 1 atom stereocenters. The summed E-state index contributed by atoms with van der Waals surface area (Å²) in [5.74, 6) is 0.206. The summed E-state index contributed by atoms with van der Waals surface area (Å²) in [5, 5.41) is 0. The van der Waals surface area contributed by atoms with E-state index in [4.69, 9.17) is 0 Å². The van der Waals surface area contributed by atoms with E-state index in [1.807, 2.05) is 0 Å². The molecule has 124 valence electrons. The lowest BCUT2D eigenvalue weighted by Gasteiger charge is -2.31. The number of rotatable bonds is 4. The Morgan fingerprint density at radius 3 is 2.68 bits per heavy atom. The molecule has 0 spiro atoms. The van der Waals surface area contributed by atoms with Crippen LogP contribution < -0.4 is 0 Å². The molecular weight excluding hydrogens is 315 g/mol. The number of benzene rings is 1. The van der Waals surface area contributed by atoms with Crippen LogP contribution in [0.15, 0.2) is 24.3 Å². The van der Waals surface area contributed by atoms with Crippen LogP contribution in [0.5, 0.6) is 0 Å². The Hall–Kier alpha value is -1.08. The summed E-state index contributed by atoms with van der Waals surface area (Å²) >= 11 is 0. The minimum Gasteiger partial charge on any atom is -0.213 e. The number of piperidine rings is 1. The summed E-state index contributed by atoms with van der Waals surface area (Å²) in [5.41, 5.74) is 0.0118. The quantitative estimate of drug-likeness (QED) is 0.846. The van der Waals surface area contributed by atoms with E-state index in [0.29, 0.717) is 31.5 Å². The summed E-state index contributed by atoms with van der Waals surface area (Å²) in [6.07, 6.45) is -0.166. The van der Waals surface area contributed by atoms with E-state index in [-0.39, 0.29) is 5.92 Å². The van der Waals surface area contributed by atoms with Crippen LogP contribution in [0.25, 0.3) is 0 Å². The Labute approximate surface area is 129 Å². The van der Waals surface area contributed by atoms with Crippen molar-refractivity contribution in [2.24, 2.45) is 5.92 Å². The van der Waals surface area contributed by atoms with Crippen molar-refractivity contribution in [2.75, 3.05) is 19.3 Å². The first kappa shape index (κ1) is 17.3. The van der Waals surface area contributed by atoms with Gasteiger partial charge in [0.05, 0.1) is 11.8 Å². The number of halogens is 3. The van der Waals surface area contributed by atoms with Crippen LogP contribution in [0.3, 0.4) is 0 Å². The van der Waals surface area contributed by atoms with Gasteiger partial charge in [-0.2, -0.15) is 13.2 Å². The van der Waals surface area contributed by atoms with Crippen LogP contribution in [-0.4, -0.2) is 32.1 Å². The predicted molar refractivity (Wildman–Crippen MR) is 78.9 cm³/mol. The standard InChI is InChI=1S/C15H20F3NO2S/c1-22(20,21)19-9-3-5-13(11-19)8-7-12-4-2-6-14(10-12)15(16,17)18/h2,4,6,10,13H,3,5,7-9,11H2,1H3/t13-/m1/s1. The molecule has 0 aliphatic carbocycles. The molecule has 0 bridgehead atoms. The molecule has 1 aliphatic heterocycles. The van der Waals surface area contributed by atoms with Crippen molar-refractivity contribution in [3.05, 3.63) is 35.4 Å². The van der Waals surface area contributed by atoms with Crippen molar-refractivity contribution in [3.63, 3.8) is 0 Å². The topological polar surface area (TPSA) is 37.4 Å². The van der Waals surface area contributed by atoms with Crippen LogP contribution in [-0.2, 0) is 22.6 Å². The van der Waals surface area contributed by atoms with Crippen molar-refractivity contribution in [2.45, 2.75) is 31.9 Å². The largest absolute Gasteiger partial charge is 0.416 e. The van der Waals surface area contributed by atoms with E-state index in [9.17, 15) is 21.6 Å². The van der Waals surface area contributed by atoms with E-state index in [2.05, 4.69) is 0 Å². The maximum absolute atomic E-state index is 12.7. The first-order chi connectivity index (χ1) is 10.2. The fourth-order valence-electron chi connectivity index (χ4n) is 2.84. The smallest absolute Gasteiger partial charge is 0.213 e. The summed E-state index contributed by atoms with van der Waals surface area (Å²) in [6.45, 7) is 1.01. The molecular formula is C15H20F3NO2S. The zero-order chi connectivity index (χ0) is 16.4. The molecule has 0 aromatic heterocycles. The molecule has 0 unspecified atom stereocenters. The lowest BCUT2D eigenvalue weighted by molar-refractivity contribution is -0.137.